The second-order valence-electron chi connectivity index (χ2n) is 14.7. The maximum absolute atomic E-state index is 12.8. The maximum atomic E-state index is 12.8. The van der Waals surface area contributed by atoms with E-state index in [1.54, 1.807) is 0 Å². The Morgan fingerprint density at radius 2 is 1.09 bits per heavy atom. The van der Waals surface area contributed by atoms with Gasteiger partial charge in [-0.3, -0.25) is 14.1 Å². The number of rotatable bonds is 34. The van der Waals surface area contributed by atoms with Crippen LogP contribution in [0, 0.1) is 0 Å². The van der Waals surface area contributed by atoms with Crippen LogP contribution in [0.1, 0.15) is 174 Å². The molecule has 12 nitrogen and oxygen atoms in total. The van der Waals surface area contributed by atoms with E-state index in [-0.39, 0.29) is 19.4 Å². The molecule has 1 rings (SSSR count). The topological polar surface area (TPSA) is 186 Å². The molecule has 2 unspecified atom stereocenters. The Hall–Kier alpha value is -1.61. The summed E-state index contributed by atoms with van der Waals surface area (Å²) in [6.07, 6.45) is 21.2. The standard InChI is InChI=1S/C40H74O12S/c1-3-5-7-9-11-13-15-16-17-18-19-21-23-25-27-29-36(42)51-33(30-49-35(41)28-26-24-22-20-14-12-10-8-6-4-2)31-50-40-39(45)38(44)37(43)34(52-40)32-53(46,47)48/h9,11,33-34,37-40,43-45H,3-8,10,12-32H2,1-2H3,(H,46,47,48)/b11-9+/t33-,34-,37-,38?,39?,40+/m1/s1. The minimum Gasteiger partial charge on any atom is -0.462 e. The summed E-state index contributed by atoms with van der Waals surface area (Å²) in [4.78, 5) is 25.2. The van der Waals surface area contributed by atoms with E-state index in [4.69, 9.17) is 18.9 Å². The zero-order valence-corrected chi connectivity index (χ0v) is 33.7. The quantitative estimate of drug-likeness (QED) is 0.0219. The molecule has 0 radical (unpaired) electrons. The van der Waals surface area contributed by atoms with Gasteiger partial charge < -0.3 is 34.3 Å². The smallest absolute Gasteiger partial charge is 0.306 e. The number of allylic oxidation sites excluding steroid dienone is 2. The number of unbranched alkanes of at least 4 members (excludes halogenated alkanes) is 20. The Bertz CT molecular complexity index is 1050. The van der Waals surface area contributed by atoms with Crippen LogP contribution in [0.3, 0.4) is 0 Å². The number of aliphatic hydroxyl groups is 3. The Balaban J connectivity index is 2.48. The molecule has 0 aliphatic carbocycles. The average molecular weight is 779 g/mol. The van der Waals surface area contributed by atoms with Gasteiger partial charge in [0.25, 0.3) is 10.1 Å². The molecule has 53 heavy (non-hydrogen) atoms. The van der Waals surface area contributed by atoms with Crippen molar-refractivity contribution in [3.63, 3.8) is 0 Å². The molecule has 0 spiro atoms. The first kappa shape index (κ1) is 49.4. The lowest BCUT2D eigenvalue weighted by atomic mass is 10.00. The van der Waals surface area contributed by atoms with Crippen LogP contribution < -0.4 is 0 Å². The van der Waals surface area contributed by atoms with Crippen molar-refractivity contribution in [2.24, 2.45) is 0 Å². The van der Waals surface area contributed by atoms with Gasteiger partial charge in [-0.15, -0.1) is 0 Å². The predicted molar refractivity (Wildman–Crippen MR) is 206 cm³/mol. The second-order valence-corrected chi connectivity index (χ2v) is 16.2. The number of hydrogen-bond donors (Lipinski definition) is 4. The zero-order chi connectivity index (χ0) is 39.2. The molecular weight excluding hydrogens is 704 g/mol. The second kappa shape index (κ2) is 31.6. The Morgan fingerprint density at radius 3 is 1.62 bits per heavy atom. The van der Waals surface area contributed by atoms with E-state index in [1.165, 1.54) is 89.9 Å². The van der Waals surface area contributed by atoms with Gasteiger partial charge >= 0.3 is 11.9 Å². The van der Waals surface area contributed by atoms with Gasteiger partial charge in [0.1, 0.15) is 36.8 Å². The molecule has 0 aromatic carbocycles. The highest BCUT2D eigenvalue weighted by molar-refractivity contribution is 7.85. The van der Waals surface area contributed by atoms with Crippen molar-refractivity contribution in [2.75, 3.05) is 19.0 Å². The summed E-state index contributed by atoms with van der Waals surface area (Å²) < 4.78 is 53.9. The van der Waals surface area contributed by atoms with E-state index >= 15 is 0 Å². The van der Waals surface area contributed by atoms with Crippen molar-refractivity contribution < 1.29 is 56.8 Å². The summed E-state index contributed by atoms with van der Waals surface area (Å²) in [5, 5.41) is 30.8. The van der Waals surface area contributed by atoms with Crippen LogP contribution in [0.2, 0.25) is 0 Å². The van der Waals surface area contributed by atoms with Crippen LogP contribution in [-0.2, 0) is 38.7 Å². The molecule has 0 aromatic rings. The molecule has 0 aromatic heterocycles. The van der Waals surface area contributed by atoms with Crippen molar-refractivity contribution in [1.82, 2.24) is 0 Å². The summed E-state index contributed by atoms with van der Waals surface area (Å²) in [5.41, 5.74) is 0. The SMILES string of the molecule is CCCC/C=C/CCCCCCCCCCCC(=O)O[C@H](COC(=O)CCCCCCCCCCCC)CO[C@H]1O[C@H](CS(=O)(=O)O)[C@@H](O)C(O)C1O. The van der Waals surface area contributed by atoms with Gasteiger partial charge in [-0.05, 0) is 32.1 Å². The molecule has 1 fully saturated rings. The number of ether oxygens (including phenoxy) is 4. The number of aliphatic hydroxyl groups excluding tert-OH is 3. The van der Waals surface area contributed by atoms with E-state index in [0.717, 1.165) is 44.9 Å². The average Bonchev–Trinajstić information content (AvgIpc) is 3.12. The lowest BCUT2D eigenvalue weighted by Crippen LogP contribution is -2.60. The van der Waals surface area contributed by atoms with Crippen LogP contribution in [-0.4, -0.2) is 96.0 Å². The third-order valence-corrected chi connectivity index (χ3v) is 10.3. The number of carbonyl (C=O) groups excluding carboxylic acids is 2. The van der Waals surface area contributed by atoms with E-state index in [9.17, 15) is 37.9 Å². The fraction of sp³-hybridized carbons (Fsp3) is 0.900. The molecule has 1 heterocycles. The highest BCUT2D eigenvalue weighted by Gasteiger charge is 2.46. The molecule has 1 aliphatic heterocycles. The monoisotopic (exact) mass is 778 g/mol. The summed E-state index contributed by atoms with van der Waals surface area (Å²) >= 11 is 0. The summed E-state index contributed by atoms with van der Waals surface area (Å²) in [7, 11) is -4.59. The lowest BCUT2D eigenvalue weighted by Gasteiger charge is -2.40. The van der Waals surface area contributed by atoms with Crippen molar-refractivity contribution in [1.29, 1.82) is 0 Å². The van der Waals surface area contributed by atoms with Crippen LogP contribution in [0.5, 0.6) is 0 Å². The first-order chi connectivity index (χ1) is 25.5. The maximum Gasteiger partial charge on any atom is 0.306 e. The number of carbonyl (C=O) groups is 2. The minimum absolute atomic E-state index is 0.165. The van der Waals surface area contributed by atoms with Crippen LogP contribution in [0.4, 0.5) is 0 Å². The van der Waals surface area contributed by atoms with Crippen LogP contribution in [0.15, 0.2) is 12.2 Å². The van der Waals surface area contributed by atoms with Crippen molar-refractivity contribution in [3.8, 4) is 0 Å². The molecule has 6 atom stereocenters. The third kappa shape index (κ3) is 26.8. The third-order valence-electron chi connectivity index (χ3n) is 9.60. The molecule has 13 heteroatoms. The normalized spacial score (nSPS) is 21.2. The fourth-order valence-electron chi connectivity index (χ4n) is 6.30. The Kier molecular flexibility index (Phi) is 29.4. The summed E-state index contributed by atoms with van der Waals surface area (Å²) in [6.45, 7) is 3.70. The van der Waals surface area contributed by atoms with E-state index in [0.29, 0.717) is 12.8 Å². The Morgan fingerprint density at radius 1 is 0.623 bits per heavy atom. The fourth-order valence-corrected chi connectivity index (χ4v) is 7.00. The van der Waals surface area contributed by atoms with Gasteiger partial charge in [-0.1, -0.05) is 142 Å². The molecule has 312 valence electrons. The van der Waals surface area contributed by atoms with Gasteiger partial charge in [-0.25, -0.2) is 0 Å². The van der Waals surface area contributed by atoms with Gasteiger partial charge in [0.15, 0.2) is 12.4 Å². The summed E-state index contributed by atoms with van der Waals surface area (Å²) in [5.74, 6) is -1.98. The van der Waals surface area contributed by atoms with Crippen LogP contribution >= 0.6 is 0 Å². The highest BCUT2D eigenvalue weighted by Crippen LogP contribution is 2.24. The molecule has 0 bridgehead atoms. The van der Waals surface area contributed by atoms with Gasteiger partial charge in [0, 0.05) is 12.8 Å². The van der Waals surface area contributed by atoms with Gasteiger partial charge in [0.05, 0.1) is 6.61 Å². The largest absolute Gasteiger partial charge is 0.462 e. The van der Waals surface area contributed by atoms with E-state index in [1.807, 2.05) is 0 Å². The molecule has 4 N–H and O–H groups in total. The summed E-state index contributed by atoms with van der Waals surface area (Å²) in [6, 6.07) is 0. The molecule has 0 saturated carbocycles. The van der Waals surface area contributed by atoms with Crippen LogP contribution in [0.25, 0.3) is 0 Å². The van der Waals surface area contributed by atoms with Crippen molar-refractivity contribution in [3.05, 3.63) is 12.2 Å². The molecule has 1 aliphatic rings. The highest BCUT2D eigenvalue weighted by atomic mass is 32.2. The number of esters is 2. The number of hydrogen-bond acceptors (Lipinski definition) is 11. The van der Waals surface area contributed by atoms with Gasteiger partial charge in [0.2, 0.25) is 0 Å². The van der Waals surface area contributed by atoms with Crippen molar-refractivity contribution in [2.45, 2.75) is 211 Å². The minimum atomic E-state index is -4.59. The predicted octanol–water partition coefficient (Wildman–Crippen LogP) is 7.50. The van der Waals surface area contributed by atoms with E-state index in [2.05, 4.69) is 26.0 Å². The van der Waals surface area contributed by atoms with E-state index < -0.39 is 71.2 Å². The Labute approximate surface area is 320 Å². The first-order valence-electron chi connectivity index (χ1n) is 20.7. The molecule has 1 saturated heterocycles. The van der Waals surface area contributed by atoms with Crippen molar-refractivity contribution >= 4 is 22.1 Å². The zero-order valence-electron chi connectivity index (χ0n) is 32.9. The molecule has 0 amide bonds. The molecular formula is C40H74O12S. The lowest BCUT2D eigenvalue weighted by molar-refractivity contribution is -0.297. The first-order valence-corrected chi connectivity index (χ1v) is 22.4. The van der Waals surface area contributed by atoms with Gasteiger partial charge in [-0.2, -0.15) is 8.42 Å².